The summed E-state index contributed by atoms with van der Waals surface area (Å²) in [6.07, 6.45) is 0. The minimum Gasteiger partial charge on any atom is -0.349 e. The van der Waals surface area contributed by atoms with Gasteiger partial charge in [0.2, 0.25) is 0 Å². The van der Waals surface area contributed by atoms with Gasteiger partial charge in [-0.2, -0.15) is 0 Å². The van der Waals surface area contributed by atoms with Crippen molar-refractivity contribution >= 4 is 27.5 Å². The molecule has 6 heteroatoms. The zero-order valence-electron chi connectivity index (χ0n) is 11.4. The van der Waals surface area contributed by atoms with E-state index in [1.54, 1.807) is 6.07 Å². The molecule has 104 valence electrons. The van der Waals surface area contributed by atoms with E-state index in [1.807, 2.05) is 27.7 Å². The Morgan fingerprint density at radius 3 is 2.47 bits per heavy atom. The molecule has 1 aromatic carbocycles. The summed E-state index contributed by atoms with van der Waals surface area (Å²) in [6, 6.07) is 4.36. The molecule has 0 radical (unpaired) electrons. The number of carbonyl (C=O) groups is 1. The molecule has 0 fully saturated rings. The van der Waals surface area contributed by atoms with Crippen molar-refractivity contribution in [3.8, 4) is 0 Å². The largest absolute Gasteiger partial charge is 0.349 e. The van der Waals surface area contributed by atoms with Gasteiger partial charge in [0.25, 0.3) is 11.6 Å². The van der Waals surface area contributed by atoms with Crippen LogP contribution in [0.15, 0.2) is 22.7 Å². The molecule has 0 aromatic heterocycles. The third-order valence-electron chi connectivity index (χ3n) is 3.07. The van der Waals surface area contributed by atoms with Crippen molar-refractivity contribution in [3.63, 3.8) is 0 Å². The zero-order valence-corrected chi connectivity index (χ0v) is 12.9. The maximum Gasteiger partial charge on any atom is 0.284 e. The van der Waals surface area contributed by atoms with Crippen LogP contribution >= 0.6 is 15.9 Å². The Morgan fingerprint density at radius 1 is 1.42 bits per heavy atom. The molecule has 0 heterocycles. The first-order chi connectivity index (χ1) is 8.64. The molecule has 0 aliphatic carbocycles. The van der Waals surface area contributed by atoms with E-state index in [-0.39, 0.29) is 33.1 Å². The van der Waals surface area contributed by atoms with Gasteiger partial charge < -0.3 is 5.32 Å². The van der Waals surface area contributed by atoms with Crippen LogP contribution in [-0.4, -0.2) is 16.9 Å². The number of hydrogen-bond acceptors (Lipinski definition) is 3. The van der Waals surface area contributed by atoms with E-state index in [0.717, 1.165) is 0 Å². The number of amides is 1. The number of nitro benzene ring substituents is 1. The lowest BCUT2D eigenvalue weighted by molar-refractivity contribution is -0.385. The Bertz CT molecular complexity index is 509. The number of benzene rings is 1. The number of nitro groups is 1. The fraction of sp³-hybridized carbons (Fsp3) is 0.462. The van der Waals surface area contributed by atoms with Gasteiger partial charge in [-0.15, -0.1) is 0 Å². The molecule has 19 heavy (non-hydrogen) atoms. The minimum absolute atomic E-state index is 0.0498. The predicted molar refractivity (Wildman–Crippen MR) is 77.2 cm³/mol. The van der Waals surface area contributed by atoms with E-state index in [1.165, 1.54) is 12.1 Å². The Labute approximate surface area is 120 Å². The molecule has 1 N–H and O–H groups in total. The lowest BCUT2D eigenvalue weighted by Crippen LogP contribution is -2.41. The van der Waals surface area contributed by atoms with Gasteiger partial charge in [0.1, 0.15) is 4.47 Å². The number of hydrogen-bond donors (Lipinski definition) is 1. The molecule has 0 saturated heterocycles. The fourth-order valence-electron chi connectivity index (χ4n) is 1.33. The maximum absolute atomic E-state index is 12.1. The SMILES string of the molecule is CC(NC(=O)c1cccc([N+](=O)[O-])c1Br)C(C)(C)C. The van der Waals surface area contributed by atoms with E-state index in [9.17, 15) is 14.9 Å². The summed E-state index contributed by atoms with van der Waals surface area (Å²) in [5.74, 6) is -0.321. The van der Waals surface area contributed by atoms with Gasteiger partial charge in [0, 0.05) is 12.1 Å². The van der Waals surface area contributed by atoms with E-state index in [2.05, 4.69) is 21.2 Å². The molecular formula is C13H17BrN2O3. The van der Waals surface area contributed by atoms with Crippen LogP contribution in [0.3, 0.4) is 0 Å². The first kappa shape index (κ1) is 15.6. The van der Waals surface area contributed by atoms with Crippen LogP contribution in [0.25, 0.3) is 0 Å². The van der Waals surface area contributed by atoms with Crippen LogP contribution in [0.5, 0.6) is 0 Å². The highest BCUT2D eigenvalue weighted by molar-refractivity contribution is 9.10. The number of halogens is 1. The predicted octanol–water partition coefficient (Wildman–Crippen LogP) is 3.52. The van der Waals surface area contributed by atoms with Gasteiger partial charge in [-0.05, 0) is 34.3 Å². The van der Waals surface area contributed by atoms with Gasteiger partial charge >= 0.3 is 0 Å². The smallest absolute Gasteiger partial charge is 0.284 e. The van der Waals surface area contributed by atoms with Crippen molar-refractivity contribution in [3.05, 3.63) is 38.3 Å². The van der Waals surface area contributed by atoms with Crippen LogP contribution < -0.4 is 5.32 Å². The average molecular weight is 329 g/mol. The summed E-state index contributed by atoms with van der Waals surface area (Å²) < 4.78 is 0.207. The molecule has 5 nitrogen and oxygen atoms in total. The van der Waals surface area contributed by atoms with Crippen LogP contribution in [0.2, 0.25) is 0 Å². The highest BCUT2D eigenvalue weighted by Gasteiger charge is 2.25. The zero-order chi connectivity index (χ0) is 14.8. The molecular weight excluding hydrogens is 312 g/mol. The standard InChI is InChI=1S/C13H17BrN2O3/c1-8(13(2,3)4)15-12(17)9-6-5-7-10(11(9)14)16(18)19/h5-8H,1-4H3,(H,15,17). The summed E-state index contributed by atoms with van der Waals surface area (Å²) >= 11 is 3.12. The van der Waals surface area contributed by atoms with Gasteiger partial charge in [-0.1, -0.05) is 26.8 Å². The van der Waals surface area contributed by atoms with Gasteiger partial charge in [0.05, 0.1) is 10.5 Å². The maximum atomic E-state index is 12.1. The Morgan fingerprint density at radius 2 is 2.00 bits per heavy atom. The van der Waals surface area contributed by atoms with Crippen molar-refractivity contribution in [1.29, 1.82) is 0 Å². The molecule has 1 amide bonds. The second kappa shape index (κ2) is 5.69. The van der Waals surface area contributed by atoms with Crippen molar-refractivity contribution < 1.29 is 9.72 Å². The topological polar surface area (TPSA) is 72.2 Å². The summed E-state index contributed by atoms with van der Waals surface area (Å²) in [5, 5.41) is 13.7. The fourth-order valence-corrected chi connectivity index (χ4v) is 1.92. The summed E-state index contributed by atoms with van der Waals surface area (Å²) in [6.45, 7) is 7.95. The molecule has 0 aliphatic heterocycles. The van der Waals surface area contributed by atoms with Gasteiger partial charge in [-0.3, -0.25) is 14.9 Å². The first-order valence-electron chi connectivity index (χ1n) is 5.88. The van der Waals surface area contributed by atoms with Crippen LogP contribution in [0, 0.1) is 15.5 Å². The monoisotopic (exact) mass is 328 g/mol. The number of carbonyl (C=O) groups excluding carboxylic acids is 1. The number of nitrogens with zero attached hydrogens (tertiary/aromatic N) is 1. The number of nitrogens with one attached hydrogen (secondary N) is 1. The van der Waals surface area contributed by atoms with Crippen molar-refractivity contribution in [2.75, 3.05) is 0 Å². The molecule has 0 spiro atoms. The molecule has 1 unspecified atom stereocenters. The summed E-state index contributed by atoms with van der Waals surface area (Å²) in [7, 11) is 0. The molecule has 0 saturated carbocycles. The molecule has 0 aliphatic rings. The highest BCUT2D eigenvalue weighted by Crippen LogP contribution is 2.28. The highest BCUT2D eigenvalue weighted by atomic mass is 79.9. The third-order valence-corrected chi connectivity index (χ3v) is 3.90. The lowest BCUT2D eigenvalue weighted by Gasteiger charge is -2.28. The molecule has 1 atom stereocenters. The molecule has 1 aromatic rings. The molecule has 1 rings (SSSR count). The van der Waals surface area contributed by atoms with E-state index < -0.39 is 4.92 Å². The van der Waals surface area contributed by atoms with Gasteiger partial charge in [0.15, 0.2) is 0 Å². The second-order valence-electron chi connectivity index (χ2n) is 5.46. The number of rotatable bonds is 3. The average Bonchev–Trinajstić information content (AvgIpc) is 2.27. The Kier molecular flexibility index (Phi) is 4.68. The Hall–Kier alpha value is -1.43. The summed E-state index contributed by atoms with van der Waals surface area (Å²) in [5.41, 5.74) is 0.0735. The quantitative estimate of drug-likeness (QED) is 0.681. The van der Waals surface area contributed by atoms with E-state index in [4.69, 9.17) is 0 Å². The molecule has 0 bridgehead atoms. The second-order valence-corrected chi connectivity index (χ2v) is 6.25. The van der Waals surface area contributed by atoms with Crippen LogP contribution in [0.1, 0.15) is 38.1 Å². The third kappa shape index (κ3) is 3.76. The van der Waals surface area contributed by atoms with Crippen molar-refractivity contribution in [1.82, 2.24) is 5.32 Å². The normalized spacial score (nSPS) is 12.9. The van der Waals surface area contributed by atoms with E-state index in [0.29, 0.717) is 0 Å². The van der Waals surface area contributed by atoms with Crippen LogP contribution in [-0.2, 0) is 0 Å². The van der Waals surface area contributed by atoms with Gasteiger partial charge in [-0.25, -0.2) is 0 Å². The lowest BCUT2D eigenvalue weighted by atomic mass is 9.88. The van der Waals surface area contributed by atoms with E-state index >= 15 is 0 Å². The van der Waals surface area contributed by atoms with Crippen LogP contribution in [0.4, 0.5) is 5.69 Å². The van der Waals surface area contributed by atoms with Crippen molar-refractivity contribution in [2.45, 2.75) is 33.7 Å². The Balaban J connectivity index is 3.02. The first-order valence-corrected chi connectivity index (χ1v) is 6.67. The van der Waals surface area contributed by atoms with Crippen molar-refractivity contribution in [2.24, 2.45) is 5.41 Å². The summed E-state index contributed by atoms with van der Waals surface area (Å²) in [4.78, 5) is 22.4. The minimum atomic E-state index is -0.520.